The van der Waals surface area contributed by atoms with Crippen LogP contribution in [0.25, 0.3) is 0 Å². The maximum absolute atomic E-state index is 11.5. The van der Waals surface area contributed by atoms with E-state index in [0.717, 1.165) is 19.6 Å². The van der Waals surface area contributed by atoms with Crippen LogP contribution >= 0.6 is 11.8 Å². The van der Waals surface area contributed by atoms with E-state index in [0.29, 0.717) is 6.42 Å². The predicted octanol–water partition coefficient (Wildman–Crippen LogP) is -0.405. The maximum Gasteiger partial charge on any atom is 0.224 e. The van der Waals surface area contributed by atoms with Crippen molar-refractivity contribution < 1.29 is 4.79 Å². The van der Waals surface area contributed by atoms with Crippen LogP contribution in [0.5, 0.6) is 0 Å². The first-order valence-electron chi connectivity index (χ1n) is 5.59. The van der Waals surface area contributed by atoms with Gasteiger partial charge in [0, 0.05) is 56.7 Å². The van der Waals surface area contributed by atoms with Crippen LogP contribution in [0, 0.1) is 0 Å². The lowest BCUT2D eigenvalue weighted by atomic mass is 10.3. The fourth-order valence-electron chi connectivity index (χ4n) is 2.11. The summed E-state index contributed by atoms with van der Waals surface area (Å²) in [6.07, 6.45) is 0.538. The van der Waals surface area contributed by atoms with Crippen molar-refractivity contribution in [3.63, 3.8) is 0 Å². The van der Waals surface area contributed by atoms with Gasteiger partial charge in [-0.05, 0) is 0 Å². The van der Waals surface area contributed by atoms with Crippen LogP contribution < -0.4 is 5.73 Å². The van der Waals surface area contributed by atoms with Gasteiger partial charge in [0.15, 0.2) is 0 Å². The molecule has 0 saturated carbocycles. The largest absolute Gasteiger partial charge is 0.340 e. The smallest absolute Gasteiger partial charge is 0.224 e. The summed E-state index contributed by atoms with van der Waals surface area (Å²) in [5.41, 5.74) is 5.74. The third kappa shape index (κ3) is 3.09. The quantitative estimate of drug-likeness (QED) is 0.715. The van der Waals surface area contributed by atoms with Gasteiger partial charge in [-0.25, -0.2) is 0 Å². The van der Waals surface area contributed by atoms with Crippen LogP contribution in [0.15, 0.2) is 0 Å². The molecule has 0 aromatic rings. The fraction of sp³-hybridized carbons (Fsp3) is 0.900. The summed E-state index contributed by atoms with van der Waals surface area (Å²) in [5, 5.41) is 0. The molecule has 0 bridgehead atoms. The Morgan fingerprint density at radius 3 is 2.67 bits per heavy atom. The van der Waals surface area contributed by atoms with Crippen molar-refractivity contribution in [2.75, 3.05) is 44.2 Å². The van der Waals surface area contributed by atoms with E-state index in [-0.39, 0.29) is 11.9 Å². The lowest BCUT2D eigenvalue weighted by molar-refractivity contribution is -0.127. The number of hydrogen-bond donors (Lipinski definition) is 1. The number of nitrogens with two attached hydrogens (primary N) is 1. The Morgan fingerprint density at radius 1 is 1.33 bits per heavy atom. The molecule has 2 saturated heterocycles. The van der Waals surface area contributed by atoms with E-state index in [9.17, 15) is 4.79 Å². The minimum absolute atomic E-state index is 0.0643. The highest BCUT2D eigenvalue weighted by atomic mass is 32.2. The molecular weight excluding hydrogens is 210 g/mol. The van der Waals surface area contributed by atoms with E-state index < -0.39 is 0 Å². The van der Waals surface area contributed by atoms with Gasteiger partial charge in [0.2, 0.25) is 5.91 Å². The van der Waals surface area contributed by atoms with Gasteiger partial charge in [-0.2, -0.15) is 11.8 Å². The number of amides is 1. The molecule has 0 aliphatic carbocycles. The molecule has 1 unspecified atom stereocenters. The van der Waals surface area contributed by atoms with E-state index in [2.05, 4.69) is 4.90 Å². The third-order valence-corrected chi connectivity index (χ3v) is 3.98. The molecule has 0 aromatic carbocycles. The molecule has 0 radical (unpaired) electrons. The Labute approximate surface area is 95.2 Å². The molecule has 4 nitrogen and oxygen atoms in total. The van der Waals surface area contributed by atoms with Crippen molar-refractivity contribution in [2.45, 2.75) is 12.5 Å². The molecule has 2 fully saturated rings. The first-order chi connectivity index (χ1) is 7.25. The van der Waals surface area contributed by atoms with Crippen LogP contribution in [0.3, 0.4) is 0 Å². The van der Waals surface area contributed by atoms with Gasteiger partial charge in [-0.1, -0.05) is 0 Å². The first kappa shape index (κ1) is 11.2. The van der Waals surface area contributed by atoms with Crippen LogP contribution in [-0.2, 0) is 4.79 Å². The van der Waals surface area contributed by atoms with Gasteiger partial charge in [-0.3, -0.25) is 9.69 Å². The Kier molecular flexibility index (Phi) is 3.88. The van der Waals surface area contributed by atoms with Crippen LogP contribution in [0.1, 0.15) is 6.42 Å². The lowest BCUT2D eigenvalue weighted by Crippen LogP contribution is -2.40. The lowest BCUT2D eigenvalue weighted by Gasteiger charge is -2.28. The van der Waals surface area contributed by atoms with Crippen molar-refractivity contribution in [1.29, 1.82) is 0 Å². The molecule has 2 heterocycles. The highest BCUT2D eigenvalue weighted by Crippen LogP contribution is 2.11. The van der Waals surface area contributed by atoms with Gasteiger partial charge >= 0.3 is 0 Å². The van der Waals surface area contributed by atoms with Crippen molar-refractivity contribution in [3.8, 4) is 0 Å². The van der Waals surface area contributed by atoms with Gasteiger partial charge in [0.25, 0.3) is 0 Å². The van der Waals surface area contributed by atoms with Crippen LogP contribution in [0.4, 0.5) is 0 Å². The minimum Gasteiger partial charge on any atom is -0.340 e. The Morgan fingerprint density at radius 2 is 2.07 bits per heavy atom. The van der Waals surface area contributed by atoms with E-state index in [1.165, 1.54) is 24.6 Å². The fourth-order valence-corrected chi connectivity index (χ4v) is 3.08. The monoisotopic (exact) mass is 229 g/mol. The second-order valence-electron chi connectivity index (χ2n) is 4.26. The molecule has 5 heteroatoms. The summed E-state index contributed by atoms with van der Waals surface area (Å²) < 4.78 is 0. The molecule has 0 aromatic heterocycles. The zero-order valence-electron chi connectivity index (χ0n) is 9.02. The number of hydrogen-bond acceptors (Lipinski definition) is 4. The normalized spacial score (nSPS) is 28.7. The number of likely N-dealkylation sites (tertiary alicyclic amines) is 1. The number of rotatable bonds is 3. The van der Waals surface area contributed by atoms with Crippen molar-refractivity contribution in [3.05, 3.63) is 0 Å². The van der Waals surface area contributed by atoms with Gasteiger partial charge < -0.3 is 10.6 Å². The molecular formula is C10H19N3OS. The molecule has 2 aliphatic heterocycles. The molecule has 2 rings (SSSR count). The molecule has 15 heavy (non-hydrogen) atoms. The predicted molar refractivity (Wildman–Crippen MR) is 62.9 cm³/mol. The molecule has 1 amide bonds. The summed E-state index contributed by atoms with van der Waals surface area (Å²) >= 11 is 2.02. The molecule has 1 atom stereocenters. The zero-order valence-corrected chi connectivity index (χ0v) is 9.84. The Hall–Kier alpha value is -0.260. The molecule has 0 spiro atoms. The molecule has 2 aliphatic rings. The first-order valence-corrected chi connectivity index (χ1v) is 6.74. The summed E-state index contributed by atoms with van der Waals surface area (Å²) in [4.78, 5) is 15.8. The Bertz CT molecular complexity index is 231. The number of nitrogens with zero attached hydrogens (tertiary/aromatic N) is 2. The maximum atomic E-state index is 11.5. The minimum atomic E-state index is 0.0643. The molecule has 86 valence electrons. The van der Waals surface area contributed by atoms with E-state index in [1.54, 1.807) is 0 Å². The van der Waals surface area contributed by atoms with Gasteiger partial charge in [0.1, 0.15) is 0 Å². The highest BCUT2D eigenvalue weighted by Gasteiger charge is 2.26. The van der Waals surface area contributed by atoms with E-state index in [1.807, 2.05) is 16.7 Å². The topological polar surface area (TPSA) is 49.6 Å². The van der Waals surface area contributed by atoms with E-state index in [4.69, 9.17) is 5.73 Å². The van der Waals surface area contributed by atoms with Crippen molar-refractivity contribution in [2.24, 2.45) is 5.73 Å². The van der Waals surface area contributed by atoms with Gasteiger partial charge in [0.05, 0.1) is 0 Å². The van der Waals surface area contributed by atoms with Gasteiger partial charge in [-0.15, -0.1) is 0 Å². The van der Waals surface area contributed by atoms with Crippen LogP contribution in [-0.4, -0.2) is 66.0 Å². The van der Waals surface area contributed by atoms with Crippen molar-refractivity contribution >= 4 is 17.7 Å². The summed E-state index contributed by atoms with van der Waals surface area (Å²) in [6.45, 7) is 4.95. The van der Waals surface area contributed by atoms with Crippen molar-refractivity contribution in [1.82, 2.24) is 9.80 Å². The van der Waals surface area contributed by atoms with Crippen LogP contribution in [0.2, 0.25) is 0 Å². The Balaban J connectivity index is 1.70. The second kappa shape index (κ2) is 5.18. The standard InChI is InChI=1S/C10H19N3OS/c11-9-7-10(14)13(8-9)2-1-12-3-5-15-6-4-12/h9H,1-8,11H2. The second-order valence-corrected chi connectivity index (χ2v) is 5.48. The SMILES string of the molecule is NC1CC(=O)N(CCN2CCSCC2)C1. The third-order valence-electron chi connectivity index (χ3n) is 3.03. The number of carbonyl (C=O) groups excluding carboxylic acids is 1. The summed E-state index contributed by atoms with van der Waals surface area (Å²) in [7, 11) is 0. The average molecular weight is 229 g/mol. The highest BCUT2D eigenvalue weighted by molar-refractivity contribution is 7.99. The summed E-state index contributed by atoms with van der Waals surface area (Å²) in [6, 6.07) is 0.0643. The van der Waals surface area contributed by atoms with E-state index >= 15 is 0 Å². The number of thioether (sulfide) groups is 1. The average Bonchev–Trinajstić information content (AvgIpc) is 2.56. The zero-order chi connectivity index (χ0) is 10.7. The summed E-state index contributed by atoms with van der Waals surface area (Å²) in [5.74, 6) is 2.69. The molecule has 2 N–H and O–H groups in total. The number of carbonyl (C=O) groups is 1.